The Labute approximate surface area is 104 Å². The van der Waals surface area contributed by atoms with Gasteiger partial charge in [0.1, 0.15) is 5.69 Å². The van der Waals surface area contributed by atoms with Gasteiger partial charge in [0.05, 0.1) is 11.2 Å². The van der Waals surface area contributed by atoms with Crippen molar-refractivity contribution in [2.45, 2.75) is 0 Å². The van der Waals surface area contributed by atoms with E-state index in [4.69, 9.17) is 5.73 Å². The Bertz CT molecular complexity index is 716. The van der Waals surface area contributed by atoms with Crippen LogP contribution in [0.5, 0.6) is 0 Å². The van der Waals surface area contributed by atoms with E-state index >= 15 is 0 Å². The highest BCUT2D eigenvalue weighted by atomic mass is 16.1. The van der Waals surface area contributed by atoms with Crippen molar-refractivity contribution in [3.05, 3.63) is 60.6 Å². The molecule has 2 aromatic heterocycles. The quantitative estimate of drug-likeness (QED) is 0.742. The normalized spacial score (nSPS) is 10.7. The predicted molar refractivity (Wildman–Crippen MR) is 69.1 cm³/mol. The van der Waals surface area contributed by atoms with Gasteiger partial charge in [-0.3, -0.25) is 4.79 Å². The molecule has 3 rings (SSSR count). The average Bonchev–Trinajstić information content (AvgIpc) is 2.86. The molecule has 1 aromatic carbocycles. The largest absolute Gasteiger partial charge is 0.364 e. The van der Waals surface area contributed by atoms with Crippen LogP contribution >= 0.6 is 0 Å². The minimum atomic E-state index is -0.525. The van der Waals surface area contributed by atoms with Crippen LogP contribution in [0.15, 0.2) is 54.9 Å². The summed E-state index contributed by atoms with van der Waals surface area (Å²) in [6, 6.07) is 13.6. The number of benzene rings is 1. The molecule has 88 valence electrons. The van der Waals surface area contributed by atoms with Crippen LogP contribution < -0.4 is 5.73 Å². The zero-order valence-corrected chi connectivity index (χ0v) is 9.58. The first-order chi connectivity index (χ1) is 8.75. The average molecular weight is 237 g/mol. The molecular formula is C14H11N3O. The van der Waals surface area contributed by atoms with Gasteiger partial charge < -0.3 is 10.1 Å². The Kier molecular flexibility index (Phi) is 2.34. The molecule has 0 fully saturated rings. The van der Waals surface area contributed by atoms with E-state index in [9.17, 15) is 4.79 Å². The van der Waals surface area contributed by atoms with Gasteiger partial charge in [0.15, 0.2) is 0 Å². The minimum absolute atomic E-state index is 0.262. The molecule has 3 aromatic rings. The Morgan fingerprint density at radius 3 is 2.61 bits per heavy atom. The first-order valence-corrected chi connectivity index (χ1v) is 5.58. The van der Waals surface area contributed by atoms with Gasteiger partial charge in [-0.15, -0.1) is 0 Å². The standard InChI is InChI=1S/C14H11N3O/c15-14(18)11-9-17-8-4-7-12(17)13(16-11)10-5-2-1-3-6-10/h1-9H,(H2,15,18). The zero-order valence-electron chi connectivity index (χ0n) is 9.58. The molecule has 2 N–H and O–H groups in total. The zero-order chi connectivity index (χ0) is 12.5. The first kappa shape index (κ1) is 10.5. The molecule has 0 aliphatic carbocycles. The van der Waals surface area contributed by atoms with Gasteiger partial charge >= 0.3 is 0 Å². The van der Waals surface area contributed by atoms with Crippen molar-refractivity contribution in [3.63, 3.8) is 0 Å². The molecule has 4 heteroatoms. The molecule has 0 aliphatic rings. The molecule has 1 amide bonds. The van der Waals surface area contributed by atoms with Crippen molar-refractivity contribution in [3.8, 4) is 11.3 Å². The van der Waals surface area contributed by atoms with Crippen molar-refractivity contribution in [2.24, 2.45) is 5.73 Å². The fraction of sp³-hybridized carbons (Fsp3) is 0. The number of aromatic nitrogens is 2. The number of primary amides is 1. The summed E-state index contributed by atoms with van der Waals surface area (Å²) in [5, 5.41) is 0. The molecule has 0 bridgehead atoms. The van der Waals surface area contributed by atoms with Crippen molar-refractivity contribution < 1.29 is 4.79 Å². The van der Waals surface area contributed by atoms with E-state index in [0.29, 0.717) is 0 Å². The molecule has 0 unspecified atom stereocenters. The van der Waals surface area contributed by atoms with Crippen molar-refractivity contribution in [1.82, 2.24) is 9.38 Å². The van der Waals surface area contributed by atoms with Gasteiger partial charge in [0.2, 0.25) is 0 Å². The van der Waals surface area contributed by atoms with E-state index in [1.807, 2.05) is 53.1 Å². The third-order valence-electron chi connectivity index (χ3n) is 2.81. The second kappa shape index (κ2) is 4.00. The van der Waals surface area contributed by atoms with Crippen LogP contribution in [0.4, 0.5) is 0 Å². The summed E-state index contributed by atoms with van der Waals surface area (Å²) in [7, 11) is 0. The van der Waals surface area contributed by atoms with Gasteiger partial charge in [0, 0.05) is 18.0 Å². The molecule has 4 nitrogen and oxygen atoms in total. The Balaban J connectivity index is 2.33. The summed E-state index contributed by atoms with van der Waals surface area (Å²) in [6.45, 7) is 0. The van der Waals surface area contributed by atoms with E-state index in [-0.39, 0.29) is 5.69 Å². The highest BCUT2D eigenvalue weighted by molar-refractivity contribution is 5.92. The predicted octanol–water partition coefficient (Wildman–Crippen LogP) is 2.10. The molecule has 0 aliphatic heterocycles. The van der Waals surface area contributed by atoms with Gasteiger partial charge in [-0.1, -0.05) is 30.3 Å². The van der Waals surface area contributed by atoms with Crippen LogP contribution in [-0.2, 0) is 0 Å². The maximum absolute atomic E-state index is 11.3. The van der Waals surface area contributed by atoms with E-state index in [2.05, 4.69) is 4.98 Å². The van der Waals surface area contributed by atoms with Crippen LogP contribution in [0.1, 0.15) is 10.5 Å². The van der Waals surface area contributed by atoms with Gasteiger partial charge in [-0.05, 0) is 12.1 Å². The monoisotopic (exact) mass is 237 g/mol. The molecule has 0 saturated heterocycles. The molecular weight excluding hydrogens is 226 g/mol. The van der Waals surface area contributed by atoms with E-state index in [0.717, 1.165) is 16.8 Å². The number of hydrogen-bond acceptors (Lipinski definition) is 2. The van der Waals surface area contributed by atoms with Gasteiger partial charge in [-0.25, -0.2) is 4.98 Å². The minimum Gasteiger partial charge on any atom is -0.364 e. The lowest BCUT2D eigenvalue weighted by molar-refractivity contribution is 0.0995. The number of nitrogens with two attached hydrogens (primary N) is 1. The van der Waals surface area contributed by atoms with E-state index < -0.39 is 5.91 Å². The van der Waals surface area contributed by atoms with Crippen molar-refractivity contribution in [1.29, 1.82) is 0 Å². The van der Waals surface area contributed by atoms with Crippen LogP contribution in [0, 0.1) is 0 Å². The molecule has 0 saturated carbocycles. The summed E-state index contributed by atoms with van der Waals surface area (Å²) >= 11 is 0. The van der Waals surface area contributed by atoms with Crippen LogP contribution in [-0.4, -0.2) is 15.3 Å². The molecule has 18 heavy (non-hydrogen) atoms. The Morgan fingerprint density at radius 1 is 1.11 bits per heavy atom. The summed E-state index contributed by atoms with van der Waals surface area (Å²) in [5.41, 5.74) is 8.24. The van der Waals surface area contributed by atoms with Crippen LogP contribution in [0.25, 0.3) is 16.8 Å². The lowest BCUT2D eigenvalue weighted by Crippen LogP contribution is -2.14. The Morgan fingerprint density at radius 2 is 1.89 bits per heavy atom. The smallest absolute Gasteiger partial charge is 0.268 e. The summed E-state index contributed by atoms with van der Waals surface area (Å²) in [4.78, 5) is 15.6. The van der Waals surface area contributed by atoms with Gasteiger partial charge in [0.25, 0.3) is 5.91 Å². The number of carbonyl (C=O) groups excluding carboxylic acids is 1. The third kappa shape index (κ3) is 1.64. The number of fused-ring (bicyclic) bond motifs is 1. The number of amides is 1. The maximum atomic E-state index is 11.3. The van der Waals surface area contributed by atoms with E-state index in [1.165, 1.54) is 0 Å². The summed E-state index contributed by atoms with van der Waals surface area (Å²) < 4.78 is 1.86. The van der Waals surface area contributed by atoms with Crippen LogP contribution in [0.2, 0.25) is 0 Å². The lowest BCUT2D eigenvalue weighted by atomic mass is 10.1. The number of nitrogens with zero attached hydrogens (tertiary/aromatic N) is 2. The Hall–Kier alpha value is -2.62. The fourth-order valence-electron chi connectivity index (χ4n) is 1.97. The third-order valence-corrected chi connectivity index (χ3v) is 2.81. The van der Waals surface area contributed by atoms with Crippen molar-refractivity contribution >= 4 is 11.4 Å². The maximum Gasteiger partial charge on any atom is 0.268 e. The fourth-order valence-corrected chi connectivity index (χ4v) is 1.97. The highest BCUT2D eigenvalue weighted by Crippen LogP contribution is 2.23. The van der Waals surface area contributed by atoms with Gasteiger partial charge in [-0.2, -0.15) is 0 Å². The molecule has 0 radical (unpaired) electrons. The first-order valence-electron chi connectivity index (χ1n) is 5.58. The number of hydrogen-bond donors (Lipinski definition) is 1. The molecule has 2 heterocycles. The van der Waals surface area contributed by atoms with Crippen LogP contribution in [0.3, 0.4) is 0 Å². The lowest BCUT2D eigenvalue weighted by Gasteiger charge is -2.06. The second-order valence-corrected chi connectivity index (χ2v) is 4.01. The summed E-state index contributed by atoms with van der Waals surface area (Å²) in [6.07, 6.45) is 3.51. The molecule has 0 spiro atoms. The van der Waals surface area contributed by atoms with E-state index in [1.54, 1.807) is 6.20 Å². The highest BCUT2D eigenvalue weighted by Gasteiger charge is 2.10. The SMILES string of the molecule is NC(=O)c1cn2cccc2c(-c2ccccc2)n1. The topological polar surface area (TPSA) is 60.4 Å². The second-order valence-electron chi connectivity index (χ2n) is 4.01. The summed E-state index contributed by atoms with van der Waals surface area (Å²) in [5.74, 6) is -0.525. The number of carbonyl (C=O) groups is 1. The van der Waals surface area contributed by atoms with Crippen molar-refractivity contribution in [2.75, 3.05) is 0 Å². The number of rotatable bonds is 2. The molecule has 0 atom stereocenters.